The first-order valence-electron chi connectivity index (χ1n) is 9.92. The summed E-state index contributed by atoms with van der Waals surface area (Å²) in [5.41, 5.74) is 2.65. The first-order chi connectivity index (χ1) is 12.1. The third kappa shape index (κ3) is 11.6. The van der Waals surface area contributed by atoms with E-state index >= 15 is 0 Å². The lowest BCUT2D eigenvalue weighted by atomic mass is 10.1. The number of benzene rings is 1. The number of anilines is 1. The van der Waals surface area contributed by atoms with E-state index in [-0.39, 0.29) is 6.61 Å². The second-order valence-corrected chi connectivity index (χ2v) is 13.0. The number of nitrogens with one attached hydrogen (secondary N) is 1. The molecule has 0 amide bonds. The number of rotatable bonds is 15. The van der Waals surface area contributed by atoms with Crippen LogP contribution in [0, 0.1) is 0 Å². The summed E-state index contributed by atoms with van der Waals surface area (Å²) in [6.07, 6.45) is 8.41. The van der Waals surface area contributed by atoms with Crippen molar-refractivity contribution in [2.45, 2.75) is 77.1 Å². The molecule has 0 unspecified atom stereocenters. The Bertz CT molecular complexity index is 438. The number of aryl methyl sites for hydroxylation is 1. The summed E-state index contributed by atoms with van der Waals surface area (Å²) in [6.45, 7) is 8.12. The topological polar surface area (TPSA) is 41.5 Å². The Morgan fingerprint density at radius 1 is 1.04 bits per heavy atom. The maximum Gasteiger partial charge on any atom is 0.215 e. The van der Waals surface area contributed by atoms with Gasteiger partial charge in [0.25, 0.3) is 0 Å². The Morgan fingerprint density at radius 2 is 1.80 bits per heavy atom. The van der Waals surface area contributed by atoms with E-state index in [4.69, 9.17) is 9.22 Å². The molecule has 142 valence electrons. The molecule has 0 aliphatic carbocycles. The quantitative estimate of drug-likeness (QED) is 0.323. The molecule has 0 saturated carbocycles. The van der Waals surface area contributed by atoms with Crippen LogP contribution in [-0.4, -0.2) is 36.3 Å². The van der Waals surface area contributed by atoms with Gasteiger partial charge in [0, 0.05) is 18.8 Å². The van der Waals surface area contributed by atoms with Crippen molar-refractivity contribution >= 4 is 23.8 Å². The molecule has 25 heavy (non-hydrogen) atoms. The Balaban J connectivity index is 2.13. The molecule has 1 rings (SSSR count). The molecule has 0 aromatic heterocycles. The summed E-state index contributed by atoms with van der Waals surface area (Å²) in [7, 11) is -0.927. The molecule has 0 aliphatic heterocycles. The van der Waals surface area contributed by atoms with Gasteiger partial charge in [-0.05, 0) is 68.6 Å². The molecule has 0 aliphatic rings. The van der Waals surface area contributed by atoms with E-state index in [1.807, 2.05) is 0 Å². The van der Waals surface area contributed by atoms with Gasteiger partial charge in [-0.2, -0.15) is 0 Å². The molecule has 1 aromatic rings. The lowest BCUT2D eigenvalue weighted by molar-refractivity contribution is 0.293. The summed E-state index contributed by atoms with van der Waals surface area (Å²) in [4.78, 5) is 0. The molecule has 0 bridgehead atoms. The van der Waals surface area contributed by atoms with Gasteiger partial charge in [-0.3, -0.25) is 0 Å². The summed E-state index contributed by atoms with van der Waals surface area (Å²) >= 11 is 0. The molecule has 3 nitrogen and oxygen atoms in total. The third-order valence-electron chi connectivity index (χ3n) is 4.34. The maximum absolute atomic E-state index is 8.93. The number of aliphatic hydroxyl groups is 1. The average Bonchev–Trinajstić information content (AvgIpc) is 2.61. The lowest BCUT2D eigenvalue weighted by Gasteiger charge is -2.22. The van der Waals surface area contributed by atoms with Gasteiger partial charge in [-0.25, -0.2) is 0 Å². The van der Waals surface area contributed by atoms with Crippen molar-refractivity contribution in [1.29, 1.82) is 0 Å². The van der Waals surface area contributed by atoms with Crippen molar-refractivity contribution in [2.75, 3.05) is 18.5 Å². The van der Waals surface area contributed by atoms with Crippen LogP contribution in [0.2, 0.25) is 25.2 Å². The predicted octanol–water partition coefficient (Wildman–Crippen LogP) is 5.25. The zero-order chi connectivity index (χ0) is 18.4. The Labute approximate surface area is 158 Å². The second-order valence-electron chi connectivity index (χ2n) is 7.37. The van der Waals surface area contributed by atoms with Crippen molar-refractivity contribution in [3.63, 3.8) is 0 Å². The monoisotopic (exact) mass is 379 g/mol. The normalized spacial score (nSPS) is 11.7. The van der Waals surface area contributed by atoms with Crippen LogP contribution in [0.4, 0.5) is 5.69 Å². The molecule has 0 saturated heterocycles. The van der Waals surface area contributed by atoms with Crippen LogP contribution in [0.5, 0.6) is 0 Å². The summed E-state index contributed by atoms with van der Waals surface area (Å²) in [5.74, 6) is 0. The Hall–Kier alpha value is -0.626. The van der Waals surface area contributed by atoms with Gasteiger partial charge < -0.3 is 14.5 Å². The second kappa shape index (κ2) is 13.6. The first kappa shape index (κ1) is 22.4. The minimum atomic E-state index is -1.54. The third-order valence-corrected chi connectivity index (χ3v) is 9.25. The lowest BCUT2D eigenvalue weighted by Crippen LogP contribution is -2.32. The van der Waals surface area contributed by atoms with Gasteiger partial charge in [-0.15, -0.1) is 0 Å². The number of aliphatic hydroxyl groups excluding tert-OH is 1. The van der Waals surface area contributed by atoms with Crippen molar-refractivity contribution < 1.29 is 9.22 Å². The standard InChI is InChI=1S/C20H37NO2Si2/c1-4-5-6-7-15-21-20-13-11-19(12-14-20)10-8-17-24-23-25(2,3)18-9-16-22/h11-14,21-22H,4-10,15-18H2,1-3H3. The smallest absolute Gasteiger partial charge is 0.215 e. The molecule has 2 N–H and O–H groups in total. The highest BCUT2D eigenvalue weighted by Crippen LogP contribution is 2.15. The zero-order valence-corrected chi connectivity index (χ0v) is 18.4. The van der Waals surface area contributed by atoms with E-state index in [2.05, 4.69) is 49.6 Å². The number of hydrogen-bond acceptors (Lipinski definition) is 3. The van der Waals surface area contributed by atoms with Crippen molar-refractivity contribution in [3.8, 4) is 0 Å². The van der Waals surface area contributed by atoms with Crippen LogP contribution in [-0.2, 0) is 10.5 Å². The van der Waals surface area contributed by atoms with Gasteiger partial charge in [0.1, 0.15) is 0 Å². The molecule has 0 spiro atoms. The highest BCUT2D eigenvalue weighted by molar-refractivity contribution is 6.75. The molecule has 5 heteroatoms. The van der Waals surface area contributed by atoms with Gasteiger partial charge >= 0.3 is 0 Å². The van der Waals surface area contributed by atoms with Crippen LogP contribution >= 0.6 is 0 Å². The highest BCUT2D eigenvalue weighted by atomic mass is 28.4. The molecule has 0 atom stereocenters. The summed E-state index contributed by atoms with van der Waals surface area (Å²) < 4.78 is 6.11. The van der Waals surface area contributed by atoms with Gasteiger partial charge in [0.2, 0.25) is 9.76 Å². The van der Waals surface area contributed by atoms with E-state index in [1.54, 1.807) is 0 Å². The predicted molar refractivity (Wildman–Crippen MR) is 113 cm³/mol. The molecule has 2 radical (unpaired) electrons. The molecular formula is C20H37NO2Si2. The average molecular weight is 380 g/mol. The fraction of sp³-hybridized carbons (Fsp3) is 0.700. The van der Waals surface area contributed by atoms with E-state index in [1.165, 1.54) is 43.4 Å². The van der Waals surface area contributed by atoms with Gasteiger partial charge in [-0.1, -0.05) is 38.3 Å². The fourth-order valence-corrected chi connectivity index (χ4v) is 6.45. The van der Waals surface area contributed by atoms with E-state index < -0.39 is 8.32 Å². The molecule has 0 fully saturated rings. The van der Waals surface area contributed by atoms with Crippen LogP contribution in [0.3, 0.4) is 0 Å². The number of unbranched alkanes of at least 4 members (excludes halogenated alkanes) is 3. The van der Waals surface area contributed by atoms with Gasteiger partial charge in [0.15, 0.2) is 8.32 Å². The summed E-state index contributed by atoms with van der Waals surface area (Å²) in [5, 5.41) is 12.4. The molecular weight excluding hydrogens is 342 g/mol. The highest BCUT2D eigenvalue weighted by Gasteiger charge is 2.20. The minimum Gasteiger partial charge on any atom is -0.456 e. The number of hydrogen-bond donors (Lipinski definition) is 2. The van der Waals surface area contributed by atoms with E-state index in [9.17, 15) is 0 Å². The van der Waals surface area contributed by atoms with Crippen molar-refractivity contribution in [3.05, 3.63) is 29.8 Å². The van der Waals surface area contributed by atoms with Crippen molar-refractivity contribution in [1.82, 2.24) is 0 Å². The van der Waals surface area contributed by atoms with Crippen LogP contribution in [0.15, 0.2) is 24.3 Å². The Kier molecular flexibility index (Phi) is 12.2. The van der Waals surface area contributed by atoms with Crippen LogP contribution < -0.4 is 5.32 Å². The SMILES string of the molecule is CCCCCCNc1ccc(CCC[Si]O[Si](C)(C)CCCO)cc1. The zero-order valence-electron chi connectivity index (χ0n) is 16.4. The van der Waals surface area contributed by atoms with Crippen LogP contribution in [0.1, 0.15) is 51.0 Å². The largest absolute Gasteiger partial charge is 0.456 e. The molecule has 0 heterocycles. The summed E-state index contributed by atoms with van der Waals surface area (Å²) in [6, 6.07) is 11.1. The van der Waals surface area contributed by atoms with Crippen molar-refractivity contribution in [2.24, 2.45) is 0 Å². The van der Waals surface area contributed by atoms with Crippen LogP contribution in [0.25, 0.3) is 0 Å². The minimum absolute atomic E-state index is 0.284. The van der Waals surface area contributed by atoms with E-state index in [0.717, 1.165) is 31.5 Å². The fourth-order valence-electron chi connectivity index (χ4n) is 2.74. The first-order valence-corrected chi connectivity index (χ1v) is 14.1. The maximum atomic E-state index is 8.93. The Morgan fingerprint density at radius 3 is 2.48 bits per heavy atom. The molecule has 1 aromatic carbocycles. The van der Waals surface area contributed by atoms with Gasteiger partial charge in [0.05, 0.1) is 0 Å². The van der Waals surface area contributed by atoms with E-state index in [0.29, 0.717) is 9.76 Å².